The number of ether oxygens (including phenoxy) is 1. The Kier molecular flexibility index (Phi) is 3.33. The zero-order valence-electron chi connectivity index (χ0n) is 6.33. The van der Waals surface area contributed by atoms with Gasteiger partial charge >= 0.3 is 5.97 Å². The van der Waals surface area contributed by atoms with Gasteiger partial charge in [-0.05, 0) is 0 Å². The van der Waals surface area contributed by atoms with Gasteiger partial charge in [0.1, 0.15) is 16.1 Å². The third-order valence-electron chi connectivity index (χ3n) is 1.10. The van der Waals surface area contributed by atoms with E-state index in [1.807, 2.05) is 0 Å². The normalized spacial score (nSPS) is 9.69. The predicted molar refractivity (Wildman–Crippen MR) is 47.4 cm³/mol. The van der Waals surface area contributed by atoms with E-state index in [0.29, 0.717) is 0 Å². The lowest BCUT2D eigenvalue weighted by Gasteiger charge is -2.02. The molecule has 1 aromatic rings. The molecule has 1 N–H and O–H groups in total. The second-order valence-electron chi connectivity index (χ2n) is 2.13. The lowest BCUT2D eigenvalue weighted by molar-refractivity contribution is -0.139. The fourth-order valence-corrected chi connectivity index (χ4v) is 1.11. The molecule has 0 unspecified atom stereocenters. The van der Waals surface area contributed by atoms with Gasteiger partial charge in [-0.3, -0.25) is 0 Å². The molecule has 0 saturated carbocycles. The molecule has 13 heavy (non-hydrogen) atoms. The van der Waals surface area contributed by atoms with Gasteiger partial charge in [0.05, 0.1) is 0 Å². The van der Waals surface area contributed by atoms with Crippen LogP contribution < -0.4 is 4.74 Å². The molecule has 0 aliphatic heterocycles. The standard InChI is InChI=1S/C7H5Cl2NO3/c8-5-1-4(2-6(9)10-5)13-3-7(11)12/h1-2H,3H2,(H,11,12). The molecule has 0 saturated heterocycles. The Bertz CT molecular complexity index is 309. The summed E-state index contributed by atoms with van der Waals surface area (Å²) in [6, 6.07) is 2.77. The Labute approximate surface area is 84.1 Å². The highest BCUT2D eigenvalue weighted by atomic mass is 35.5. The second-order valence-corrected chi connectivity index (χ2v) is 2.91. The van der Waals surface area contributed by atoms with Crippen LogP contribution >= 0.6 is 23.2 Å². The summed E-state index contributed by atoms with van der Waals surface area (Å²) in [4.78, 5) is 13.8. The summed E-state index contributed by atoms with van der Waals surface area (Å²) in [6.45, 7) is -0.434. The van der Waals surface area contributed by atoms with Crippen LogP contribution in [0.5, 0.6) is 5.75 Å². The molecule has 0 aliphatic rings. The van der Waals surface area contributed by atoms with Gasteiger partial charge in [-0.1, -0.05) is 23.2 Å². The maximum atomic E-state index is 10.1. The summed E-state index contributed by atoms with van der Waals surface area (Å²) < 4.78 is 4.82. The first kappa shape index (κ1) is 10.1. The van der Waals surface area contributed by atoms with E-state index in [-0.39, 0.29) is 16.1 Å². The number of aromatic nitrogens is 1. The molecule has 4 nitrogen and oxygen atoms in total. The van der Waals surface area contributed by atoms with Crippen molar-refractivity contribution in [2.45, 2.75) is 0 Å². The van der Waals surface area contributed by atoms with Gasteiger partial charge < -0.3 is 9.84 Å². The Morgan fingerprint density at radius 1 is 1.46 bits per heavy atom. The van der Waals surface area contributed by atoms with E-state index in [0.717, 1.165) is 0 Å². The van der Waals surface area contributed by atoms with E-state index in [1.165, 1.54) is 12.1 Å². The molecule has 0 spiro atoms. The fraction of sp³-hybridized carbons (Fsp3) is 0.143. The Balaban J connectivity index is 2.71. The zero-order valence-corrected chi connectivity index (χ0v) is 7.84. The molecule has 1 rings (SSSR count). The summed E-state index contributed by atoms with van der Waals surface area (Å²) >= 11 is 11.1. The van der Waals surface area contributed by atoms with Gasteiger partial charge in [0.15, 0.2) is 6.61 Å². The number of aliphatic carboxylic acids is 1. The van der Waals surface area contributed by atoms with Crippen molar-refractivity contribution in [2.24, 2.45) is 0 Å². The smallest absolute Gasteiger partial charge is 0.341 e. The summed E-state index contributed by atoms with van der Waals surface area (Å²) in [7, 11) is 0. The SMILES string of the molecule is O=C(O)COc1cc(Cl)nc(Cl)c1. The first-order chi connectivity index (χ1) is 6.08. The van der Waals surface area contributed by atoms with E-state index in [2.05, 4.69) is 4.98 Å². The summed E-state index contributed by atoms with van der Waals surface area (Å²) in [5, 5.41) is 8.63. The van der Waals surface area contributed by atoms with E-state index >= 15 is 0 Å². The molecule has 0 aliphatic carbocycles. The van der Waals surface area contributed by atoms with Crippen molar-refractivity contribution in [3.05, 3.63) is 22.4 Å². The number of carbonyl (C=O) groups is 1. The van der Waals surface area contributed by atoms with Crippen LogP contribution in [0.4, 0.5) is 0 Å². The molecule has 1 aromatic heterocycles. The first-order valence-electron chi connectivity index (χ1n) is 3.25. The third-order valence-corrected chi connectivity index (χ3v) is 1.49. The fourth-order valence-electron chi connectivity index (χ4n) is 0.671. The quantitative estimate of drug-likeness (QED) is 0.792. The van der Waals surface area contributed by atoms with Crippen LogP contribution in [0.1, 0.15) is 0 Å². The average Bonchev–Trinajstić information content (AvgIpc) is 1.99. The van der Waals surface area contributed by atoms with Gasteiger partial charge in [-0.15, -0.1) is 0 Å². The highest BCUT2D eigenvalue weighted by molar-refractivity contribution is 6.32. The van der Waals surface area contributed by atoms with Crippen LogP contribution in [-0.2, 0) is 4.79 Å². The minimum Gasteiger partial charge on any atom is -0.482 e. The third kappa shape index (κ3) is 3.48. The average molecular weight is 222 g/mol. The van der Waals surface area contributed by atoms with Crippen molar-refractivity contribution >= 4 is 29.2 Å². The number of nitrogens with zero attached hydrogens (tertiary/aromatic N) is 1. The predicted octanol–water partition coefficient (Wildman–Crippen LogP) is 1.85. The summed E-state index contributed by atoms with van der Waals surface area (Å²) in [5.41, 5.74) is 0. The number of carboxylic acids is 1. The van der Waals surface area contributed by atoms with Crippen LogP contribution in [-0.4, -0.2) is 22.7 Å². The topological polar surface area (TPSA) is 59.4 Å². The van der Waals surface area contributed by atoms with Crippen LogP contribution in [0, 0.1) is 0 Å². The molecule has 0 amide bonds. The van der Waals surface area contributed by atoms with E-state index in [9.17, 15) is 4.79 Å². The van der Waals surface area contributed by atoms with Crippen LogP contribution in [0.2, 0.25) is 10.3 Å². The highest BCUT2D eigenvalue weighted by Crippen LogP contribution is 2.20. The van der Waals surface area contributed by atoms with Crippen molar-refractivity contribution in [1.29, 1.82) is 0 Å². The molecule has 0 atom stereocenters. The maximum Gasteiger partial charge on any atom is 0.341 e. The van der Waals surface area contributed by atoms with Gasteiger partial charge in [-0.25, -0.2) is 9.78 Å². The second kappa shape index (κ2) is 4.30. The minimum absolute atomic E-state index is 0.160. The Morgan fingerprint density at radius 3 is 2.46 bits per heavy atom. The van der Waals surface area contributed by atoms with E-state index in [1.54, 1.807) is 0 Å². The number of pyridine rings is 1. The lowest BCUT2D eigenvalue weighted by Crippen LogP contribution is -2.09. The molecule has 0 fully saturated rings. The van der Waals surface area contributed by atoms with Crippen LogP contribution in [0.3, 0.4) is 0 Å². The monoisotopic (exact) mass is 221 g/mol. The highest BCUT2D eigenvalue weighted by Gasteiger charge is 2.02. The summed E-state index contributed by atoms with van der Waals surface area (Å²) in [5.74, 6) is -0.781. The van der Waals surface area contributed by atoms with Gasteiger partial charge in [-0.2, -0.15) is 0 Å². The number of halogens is 2. The van der Waals surface area contributed by atoms with Crippen molar-refractivity contribution in [1.82, 2.24) is 4.98 Å². The molecule has 1 heterocycles. The van der Waals surface area contributed by atoms with Crippen molar-refractivity contribution in [3.8, 4) is 5.75 Å². The lowest BCUT2D eigenvalue weighted by atomic mass is 10.4. The van der Waals surface area contributed by atoms with E-state index < -0.39 is 12.6 Å². The van der Waals surface area contributed by atoms with Crippen molar-refractivity contribution < 1.29 is 14.6 Å². The number of hydrogen-bond acceptors (Lipinski definition) is 3. The molecule has 0 aromatic carbocycles. The van der Waals surface area contributed by atoms with Crippen molar-refractivity contribution in [2.75, 3.05) is 6.61 Å². The molecule has 0 bridgehead atoms. The zero-order chi connectivity index (χ0) is 9.84. The van der Waals surface area contributed by atoms with Gasteiger partial charge in [0, 0.05) is 12.1 Å². The van der Waals surface area contributed by atoms with Gasteiger partial charge in [0.2, 0.25) is 0 Å². The number of hydrogen-bond donors (Lipinski definition) is 1. The van der Waals surface area contributed by atoms with Crippen LogP contribution in [0.25, 0.3) is 0 Å². The Hall–Kier alpha value is -1.00. The minimum atomic E-state index is -1.07. The molecule has 6 heteroatoms. The maximum absolute atomic E-state index is 10.1. The Morgan fingerprint density at radius 2 is 2.00 bits per heavy atom. The van der Waals surface area contributed by atoms with Crippen molar-refractivity contribution in [3.63, 3.8) is 0 Å². The van der Waals surface area contributed by atoms with Crippen LogP contribution in [0.15, 0.2) is 12.1 Å². The molecule has 70 valence electrons. The number of carboxylic acid groups (broad SMARTS) is 1. The number of rotatable bonds is 3. The molecule has 0 radical (unpaired) electrons. The molecular formula is C7H5Cl2NO3. The van der Waals surface area contributed by atoms with E-state index in [4.69, 9.17) is 33.0 Å². The largest absolute Gasteiger partial charge is 0.482 e. The first-order valence-corrected chi connectivity index (χ1v) is 4.01. The summed E-state index contributed by atoms with van der Waals surface area (Å²) in [6.07, 6.45) is 0. The van der Waals surface area contributed by atoms with Gasteiger partial charge in [0.25, 0.3) is 0 Å². The molecular weight excluding hydrogens is 217 g/mol.